The smallest absolute Gasteiger partial charge is 0.255 e. The Labute approximate surface area is 362 Å². The molecule has 8 atom stereocenters. The van der Waals surface area contributed by atoms with E-state index in [2.05, 4.69) is 0 Å². The van der Waals surface area contributed by atoms with E-state index in [4.69, 9.17) is 37.9 Å². The van der Waals surface area contributed by atoms with Crippen LogP contribution in [0.25, 0.3) is 10.8 Å². The van der Waals surface area contributed by atoms with Gasteiger partial charge >= 0.3 is 0 Å². The van der Waals surface area contributed by atoms with E-state index in [1.165, 1.54) is 0 Å². The molecule has 8 saturated heterocycles. The summed E-state index contributed by atoms with van der Waals surface area (Å²) in [6.07, 6.45) is 0. The molecule has 0 N–H and O–H groups in total. The highest BCUT2D eigenvalue weighted by molar-refractivity contribution is 6.27. The van der Waals surface area contributed by atoms with Crippen LogP contribution in [0.5, 0.6) is 0 Å². The van der Waals surface area contributed by atoms with Gasteiger partial charge in [0.25, 0.3) is 23.6 Å². The van der Waals surface area contributed by atoms with E-state index in [1.807, 2.05) is 55.4 Å². The average molecular weight is 861 g/mol. The normalized spacial score (nSPS) is 37.6. The summed E-state index contributed by atoms with van der Waals surface area (Å²) in [6.45, 7) is 20.6. The summed E-state index contributed by atoms with van der Waals surface area (Å²) in [7, 11) is 0. The standard InChI is InChI=1S/C46H60N4O12/c1-39(21-55-39)13-47(14-40(2)22-56-40)35(51)31-29-11-9-10-12-30(29)32(36(52)48(15-41(3)23-57-41)16-42(4)24-58-42)34(38(54)50(19-45(7)27-61-45)20-46(8)28-62-46)33(31)37(53)49(17-43(5)25-59-43)18-44(6)26-60-44/h9-12H,13-28H2,1-8H3. The molecule has 16 nitrogen and oxygen atoms in total. The minimum atomic E-state index is -0.648. The SMILES string of the molecule is CC1(CN(CC2(C)CO2)C(=O)c2c(C(=O)N(CC3(C)CO3)CC3(C)CO3)c(C(=O)N(CC3(C)CO3)CC3(C)CO3)c3ccccc3c2C(=O)N(CC2(C)CO2)CC2(C)CO2)CO1. The molecule has 0 aliphatic carbocycles. The second-order valence-corrected chi connectivity index (χ2v) is 21.6. The molecule has 8 heterocycles. The Morgan fingerprint density at radius 1 is 0.355 bits per heavy atom. The lowest BCUT2D eigenvalue weighted by atomic mass is 9.85. The molecule has 2 aromatic carbocycles. The van der Waals surface area contributed by atoms with Gasteiger partial charge in [-0.15, -0.1) is 0 Å². The van der Waals surface area contributed by atoms with Gasteiger partial charge in [-0.1, -0.05) is 24.3 Å². The van der Waals surface area contributed by atoms with Gasteiger partial charge in [0.1, 0.15) is 44.8 Å². The summed E-state index contributed by atoms with van der Waals surface area (Å²) >= 11 is 0. The van der Waals surface area contributed by atoms with Gasteiger partial charge in [-0.25, -0.2) is 0 Å². The fraction of sp³-hybridized carbons (Fsp3) is 0.696. The maximum absolute atomic E-state index is 16.1. The van der Waals surface area contributed by atoms with Crippen LogP contribution in [0.1, 0.15) is 96.8 Å². The maximum Gasteiger partial charge on any atom is 0.255 e. The molecule has 2 aromatic rings. The number of epoxide rings is 8. The monoisotopic (exact) mass is 860 g/mol. The second-order valence-electron chi connectivity index (χ2n) is 21.6. The summed E-state index contributed by atoms with van der Waals surface area (Å²) in [6, 6.07) is 7.12. The largest absolute Gasteiger partial charge is 0.368 e. The predicted octanol–water partition coefficient (Wildman–Crippen LogP) is 2.92. The molecule has 8 unspecified atom stereocenters. The fourth-order valence-electron chi connectivity index (χ4n) is 8.69. The molecule has 4 amide bonds. The van der Waals surface area contributed by atoms with E-state index in [9.17, 15) is 0 Å². The zero-order valence-electron chi connectivity index (χ0n) is 37.3. The number of carbonyl (C=O) groups is 4. The van der Waals surface area contributed by atoms with Crippen LogP contribution >= 0.6 is 0 Å². The average Bonchev–Trinajstić information content (AvgIpc) is 4.03. The van der Waals surface area contributed by atoms with E-state index >= 15 is 19.2 Å². The van der Waals surface area contributed by atoms with Crippen LogP contribution in [0.4, 0.5) is 0 Å². The molecule has 0 bridgehead atoms. The molecule has 0 saturated carbocycles. The summed E-state index contributed by atoms with van der Waals surface area (Å²) in [5, 5.41) is 0.753. The highest BCUT2D eigenvalue weighted by atomic mass is 16.6. The number of ether oxygens (including phenoxy) is 8. The number of hydrogen-bond acceptors (Lipinski definition) is 12. The van der Waals surface area contributed by atoms with Crippen molar-refractivity contribution in [1.82, 2.24) is 19.6 Å². The van der Waals surface area contributed by atoms with E-state index in [1.54, 1.807) is 43.9 Å². The quantitative estimate of drug-likeness (QED) is 0.178. The molecule has 8 fully saturated rings. The molecular formula is C46H60N4O12. The molecule has 62 heavy (non-hydrogen) atoms. The van der Waals surface area contributed by atoms with Crippen LogP contribution in [-0.2, 0) is 37.9 Å². The predicted molar refractivity (Wildman–Crippen MR) is 222 cm³/mol. The lowest BCUT2D eigenvalue weighted by molar-refractivity contribution is 0.0601. The Balaban J connectivity index is 1.23. The van der Waals surface area contributed by atoms with Gasteiger partial charge in [0.15, 0.2) is 0 Å². The van der Waals surface area contributed by atoms with Crippen molar-refractivity contribution in [3.63, 3.8) is 0 Å². The Morgan fingerprint density at radius 3 is 0.677 bits per heavy atom. The van der Waals surface area contributed by atoms with Crippen molar-refractivity contribution in [3.8, 4) is 0 Å². The first-order valence-electron chi connectivity index (χ1n) is 21.9. The third kappa shape index (κ3) is 8.86. The van der Waals surface area contributed by atoms with Crippen molar-refractivity contribution in [2.75, 3.05) is 105 Å². The molecule has 336 valence electrons. The molecule has 10 rings (SSSR count). The van der Waals surface area contributed by atoms with E-state index in [-0.39, 0.29) is 74.6 Å². The van der Waals surface area contributed by atoms with E-state index < -0.39 is 68.4 Å². The Hall–Kier alpha value is -3.74. The molecule has 8 aliphatic rings. The molecule has 8 aliphatic heterocycles. The zero-order valence-corrected chi connectivity index (χ0v) is 37.3. The second kappa shape index (κ2) is 13.9. The first-order chi connectivity index (χ1) is 29.0. The van der Waals surface area contributed by atoms with Crippen LogP contribution in [0.15, 0.2) is 24.3 Å². The van der Waals surface area contributed by atoms with Gasteiger partial charge in [-0.05, 0) is 66.2 Å². The first kappa shape index (κ1) is 42.2. The summed E-state index contributed by atoms with van der Waals surface area (Å²) in [5.41, 5.74) is -5.20. The third-order valence-electron chi connectivity index (χ3n) is 13.5. The minimum absolute atomic E-state index is 0.0389. The summed E-state index contributed by atoms with van der Waals surface area (Å²) in [4.78, 5) is 70.6. The van der Waals surface area contributed by atoms with Gasteiger partial charge in [-0.3, -0.25) is 19.2 Å². The van der Waals surface area contributed by atoms with Crippen molar-refractivity contribution in [3.05, 3.63) is 46.5 Å². The minimum Gasteiger partial charge on any atom is -0.368 e. The van der Waals surface area contributed by atoms with Crippen LogP contribution in [-0.4, -0.2) is 193 Å². The van der Waals surface area contributed by atoms with Gasteiger partial charge in [-0.2, -0.15) is 0 Å². The van der Waals surface area contributed by atoms with Crippen molar-refractivity contribution in [2.45, 2.75) is 100 Å². The Bertz CT molecular complexity index is 1990. The highest BCUT2D eigenvalue weighted by Gasteiger charge is 2.54. The van der Waals surface area contributed by atoms with Gasteiger partial charge in [0.2, 0.25) is 0 Å². The highest BCUT2D eigenvalue weighted by Crippen LogP contribution is 2.42. The lowest BCUT2D eigenvalue weighted by Crippen LogP contribution is -2.49. The lowest BCUT2D eigenvalue weighted by Gasteiger charge is -2.34. The zero-order chi connectivity index (χ0) is 43.9. The number of rotatable bonds is 20. The van der Waals surface area contributed by atoms with Crippen molar-refractivity contribution >= 4 is 34.4 Å². The molecule has 0 radical (unpaired) electrons. The van der Waals surface area contributed by atoms with E-state index in [0.29, 0.717) is 63.6 Å². The number of fused-ring (bicyclic) bond motifs is 1. The molecule has 0 spiro atoms. The van der Waals surface area contributed by atoms with Crippen molar-refractivity contribution in [1.29, 1.82) is 0 Å². The first-order valence-corrected chi connectivity index (χ1v) is 21.9. The van der Waals surface area contributed by atoms with Gasteiger partial charge in [0, 0.05) is 0 Å². The van der Waals surface area contributed by atoms with Crippen LogP contribution < -0.4 is 0 Å². The third-order valence-corrected chi connectivity index (χ3v) is 13.5. The Morgan fingerprint density at radius 2 is 0.516 bits per heavy atom. The number of benzene rings is 2. The molecule has 0 aromatic heterocycles. The van der Waals surface area contributed by atoms with Gasteiger partial charge < -0.3 is 57.5 Å². The number of hydrogen-bond donors (Lipinski definition) is 0. The van der Waals surface area contributed by atoms with E-state index in [0.717, 1.165) is 0 Å². The molecular weight excluding hydrogens is 801 g/mol. The topological polar surface area (TPSA) is 181 Å². The maximum atomic E-state index is 16.1. The number of nitrogens with zero attached hydrogens (tertiary/aromatic N) is 4. The summed E-state index contributed by atoms with van der Waals surface area (Å²) < 4.78 is 46.9. The fourth-order valence-corrected chi connectivity index (χ4v) is 8.69. The van der Waals surface area contributed by atoms with Crippen LogP contribution in [0.3, 0.4) is 0 Å². The summed E-state index contributed by atoms with van der Waals surface area (Å²) in [5.74, 6) is -2.08. The van der Waals surface area contributed by atoms with Gasteiger partial charge in [0.05, 0.1) is 127 Å². The Kier molecular flexibility index (Phi) is 9.45. The van der Waals surface area contributed by atoms with Crippen molar-refractivity contribution < 1.29 is 57.1 Å². The van der Waals surface area contributed by atoms with Crippen LogP contribution in [0.2, 0.25) is 0 Å². The number of carbonyl (C=O) groups excluding carboxylic acids is 4. The molecule has 16 heteroatoms. The van der Waals surface area contributed by atoms with Crippen molar-refractivity contribution in [2.24, 2.45) is 0 Å². The number of amides is 4. The van der Waals surface area contributed by atoms with Crippen LogP contribution in [0, 0.1) is 0 Å².